The summed E-state index contributed by atoms with van der Waals surface area (Å²) in [7, 11) is 1.60. The van der Waals surface area contributed by atoms with E-state index in [4.69, 9.17) is 24.0 Å². The van der Waals surface area contributed by atoms with E-state index < -0.39 is 0 Å². The molecule has 3 aromatic rings. The van der Waals surface area contributed by atoms with Crippen LogP contribution in [-0.2, 0) is 6.61 Å². The maximum atomic E-state index is 8.99. The van der Waals surface area contributed by atoms with Crippen molar-refractivity contribution in [3.05, 3.63) is 53.9 Å². The molecule has 0 fully saturated rings. The SMILES string of the molecule is CCOc1cc(C#N)ccc1OCc1nc(-c2cccc(OC)c2)no1. The van der Waals surface area contributed by atoms with Gasteiger partial charge in [-0.25, -0.2) is 0 Å². The topological polar surface area (TPSA) is 90.4 Å². The number of methoxy groups -OCH3 is 1. The van der Waals surface area contributed by atoms with Gasteiger partial charge in [0.15, 0.2) is 18.1 Å². The first-order chi connectivity index (χ1) is 12.7. The second kappa shape index (κ2) is 8.03. The third kappa shape index (κ3) is 3.92. The highest BCUT2D eigenvalue weighted by Crippen LogP contribution is 2.29. The lowest BCUT2D eigenvalue weighted by molar-refractivity contribution is 0.228. The summed E-state index contributed by atoms with van der Waals surface area (Å²) < 4.78 is 21.7. The summed E-state index contributed by atoms with van der Waals surface area (Å²) in [5, 5.41) is 13.0. The molecule has 26 heavy (non-hydrogen) atoms. The van der Waals surface area contributed by atoms with Crippen LogP contribution in [0, 0.1) is 11.3 Å². The third-order valence-electron chi connectivity index (χ3n) is 3.52. The van der Waals surface area contributed by atoms with Crippen LogP contribution >= 0.6 is 0 Å². The first-order valence-corrected chi connectivity index (χ1v) is 8.00. The summed E-state index contributed by atoms with van der Waals surface area (Å²) in [6, 6.07) is 14.4. The van der Waals surface area contributed by atoms with Gasteiger partial charge in [0.2, 0.25) is 5.82 Å². The summed E-state index contributed by atoms with van der Waals surface area (Å²) in [6.45, 7) is 2.41. The zero-order valence-electron chi connectivity index (χ0n) is 14.4. The fraction of sp³-hybridized carbons (Fsp3) is 0.211. The van der Waals surface area contributed by atoms with Gasteiger partial charge in [0.25, 0.3) is 5.89 Å². The van der Waals surface area contributed by atoms with Crippen molar-refractivity contribution < 1.29 is 18.7 Å². The number of hydrogen-bond acceptors (Lipinski definition) is 7. The van der Waals surface area contributed by atoms with Gasteiger partial charge in [0, 0.05) is 11.6 Å². The number of nitrogens with zero attached hydrogens (tertiary/aromatic N) is 3. The second-order valence-corrected chi connectivity index (χ2v) is 5.24. The molecule has 0 aliphatic carbocycles. The molecular weight excluding hydrogens is 334 g/mol. The van der Waals surface area contributed by atoms with E-state index in [0.29, 0.717) is 41.1 Å². The summed E-state index contributed by atoms with van der Waals surface area (Å²) in [5.74, 6) is 2.50. The molecule has 0 atom stereocenters. The fourth-order valence-electron chi connectivity index (χ4n) is 2.30. The Morgan fingerprint density at radius 2 is 2.00 bits per heavy atom. The van der Waals surface area contributed by atoms with Crippen LogP contribution in [0.1, 0.15) is 18.4 Å². The molecule has 0 N–H and O–H groups in total. The van der Waals surface area contributed by atoms with Crippen LogP contribution in [0.5, 0.6) is 17.2 Å². The number of ether oxygens (including phenoxy) is 3. The van der Waals surface area contributed by atoms with Gasteiger partial charge in [-0.2, -0.15) is 10.2 Å². The van der Waals surface area contributed by atoms with Gasteiger partial charge < -0.3 is 18.7 Å². The van der Waals surface area contributed by atoms with Crippen molar-refractivity contribution >= 4 is 0 Å². The Balaban J connectivity index is 1.73. The lowest BCUT2D eigenvalue weighted by Crippen LogP contribution is -2.00. The van der Waals surface area contributed by atoms with Crippen LogP contribution in [-0.4, -0.2) is 23.9 Å². The zero-order valence-corrected chi connectivity index (χ0v) is 14.4. The molecule has 7 heteroatoms. The van der Waals surface area contributed by atoms with E-state index in [1.54, 1.807) is 25.3 Å². The number of hydrogen-bond donors (Lipinski definition) is 0. The fourth-order valence-corrected chi connectivity index (χ4v) is 2.30. The number of benzene rings is 2. The maximum absolute atomic E-state index is 8.99. The minimum absolute atomic E-state index is 0.0863. The molecule has 0 amide bonds. The molecular formula is C19H17N3O4. The Morgan fingerprint density at radius 1 is 1.12 bits per heavy atom. The lowest BCUT2D eigenvalue weighted by Gasteiger charge is -2.10. The minimum atomic E-state index is 0.0863. The number of aromatic nitrogens is 2. The highest BCUT2D eigenvalue weighted by molar-refractivity contribution is 5.56. The van der Waals surface area contributed by atoms with Crippen molar-refractivity contribution in [1.82, 2.24) is 10.1 Å². The number of nitriles is 1. The van der Waals surface area contributed by atoms with Crippen LogP contribution in [0.4, 0.5) is 0 Å². The standard InChI is InChI=1S/C19H17N3O4/c1-3-24-17-9-13(11-20)7-8-16(17)25-12-18-21-19(22-26-18)14-5-4-6-15(10-14)23-2/h4-10H,3,12H2,1-2H3. The molecule has 7 nitrogen and oxygen atoms in total. The molecule has 132 valence electrons. The van der Waals surface area contributed by atoms with Crippen LogP contribution in [0.15, 0.2) is 47.0 Å². The predicted molar refractivity (Wildman–Crippen MR) is 92.9 cm³/mol. The summed E-state index contributed by atoms with van der Waals surface area (Å²) in [5.41, 5.74) is 1.28. The summed E-state index contributed by atoms with van der Waals surface area (Å²) >= 11 is 0. The predicted octanol–water partition coefficient (Wildman–Crippen LogP) is 3.59. The largest absolute Gasteiger partial charge is 0.497 e. The van der Waals surface area contributed by atoms with Crippen LogP contribution < -0.4 is 14.2 Å². The average Bonchev–Trinajstić information content (AvgIpc) is 3.16. The summed E-state index contributed by atoms with van der Waals surface area (Å²) in [4.78, 5) is 4.33. The molecule has 1 aromatic heterocycles. The average molecular weight is 351 g/mol. The van der Waals surface area contributed by atoms with Crippen LogP contribution in [0.2, 0.25) is 0 Å². The van der Waals surface area contributed by atoms with Crippen LogP contribution in [0.3, 0.4) is 0 Å². The molecule has 0 radical (unpaired) electrons. The van der Waals surface area contributed by atoms with Gasteiger partial charge in [0.05, 0.1) is 25.3 Å². The minimum Gasteiger partial charge on any atom is -0.497 e. The van der Waals surface area contributed by atoms with Crippen LogP contribution in [0.25, 0.3) is 11.4 Å². The Labute approximate surface area is 150 Å². The van der Waals surface area contributed by atoms with Gasteiger partial charge >= 0.3 is 0 Å². The molecule has 0 aliphatic heterocycles. The Morgan fingerprint density at radius 3 is 2.77 bits per heavy atom. The van der Waals surface area contributed by atoms with E-state index in [2.05, 4.69) is 16.2 Å². The van der Waals surface area contributed by atoms with Gasteiger partial charge in [-0.15, -0.1) is 0 Å². The monoisotopic (exact) mass is 351 g/mol. The Bertz CT molecular complexity index is 931. The summed E-state index contributed by atoms with van der Waals surface area (Å²) in [6.07, 6.45) is 0. The second-order valence-electron chi connectivity index (χ2n) is 5.24. The number of rotatable bonds is 7. The van der Waals surface area contributed by atoms with Crippen molar-refractivity contribution in [2.75, 3.05) is 13.7 Å². The first kappa shape index (κ1) is 17.3. The van der Waals surface area contributed by atoms with E-state index in [1.807, 2.05) is 31.2 Å². The Kier molecular flexibility index (Phi) is 5.34. The molecule has 1 heterocycles. The van der Waals surface area contributed by atoms with E-state index in [9.17, 15) is 0 Å². The highest BCUT2D eigenvalue weighted by atomic mass is 16.5. The van der Waals surface area contributed by atoms with Crippen molar-refractivity contribution in [3.63, 3.8) is 0 Å². The molecule has 2 aromatic carbocycles. The van der Waals surface area contributed by atoms with Gasteiger partial charge in [-0.05, 0) is 31.2 Å². The van der Waals surface area contributed by atoms with Crippen molar-refractivity contribution in [1.29, 1.82) is 5.26 Å². The van der Waals surface area contributed by atoms with Crippen molar-refractivity contribution in [2.45, 2.75) is 13.5 Å². The highest BCUT2D eigenvalue weighted by Gasteiger charge is 2.12. The van der Waals surface area contributed by atoms with Gasteiger partial charge in [-0.3, -0.25) is 0 Å². The van der Waals surface area contributed by atoms with Gasteiger partial charge in [-0.1, -0.05) is 17.3 Å². The smallest absolute Gasteiger partial charge is 0.264 e. The lowest BCUT2D eigenvalue weighted by atomic mass is 10.2. The molecule has 0 saturated carbocycles. The van der Waals surface area contributed by atoms with Gasteiger partial charge in [0.1, 0.15) is 5.75 Å². The normalized spacial score (nSPS) is 10.2. The quantitative estimate of drug-likeness (QED) is 0.642. The Hall–Kier alpha value is -3.53. The maximum Gasteiger partial charge on any atom is 0.264 e. The molecule has 3 rings (SSSR count). The van der Waals surface area contributed by atoms with E-state index in [0.717, 1.165) is 5.56 Å². The van der Waals surface area contributed by atoms with E-state index >= 15 is 0 Å². The third-order valence-corrected chi connectivity index (χ3v) is 3.52. The molecule has 0 saturated heterocycles. The molecule has 0 unspecified atom stereocenters. The molecule has 0 aliphatic rings. The van der Waals surface area contributed by atoms with Crippen molar-refractivity contribution in [2.24, 2.45) is 0 Å². The van der Waals surface area contributed by atoms with Crippen molar-refractivity contribution in [3.8, 4) is 34.7 Å². The zero-order chi connectivity index (χ0) is 18.4. The molecule has 0 bridgehead atoms. The van der Waals surface area contributed by atoms with E-state index in [1.165, 1.54) is 0 Å². The van der Waals surface area contributed by atoms with E-state index in [-0.39, 0.29) is 6.61 Å². The first-order valence-electron chi connectivity index (χ1n) is 8.00. The molecule has 0 spiro atoms.